The molecule has 2 N–H and O–H groups in total. The molecule has 4 fully saturated rings. The molecule has 4 bridgehead atoms. The molecule has 5 nitrogen and oxygen atoms in total. The monoisotopic (exact) mass is 400 g/mol. The summed E-state index contributed by atoms with van der Waals surface area (Å²) < 4.78 is 0. The second-order valence-electron chi connectivity index (χ2n) is 9.33. The number of amides is 1. The Labute approximate surface area is 177 Å². The van der Waals surface area contributed by atoms with Crippen LogP contribution in [-0.2, 0) is 16.6 Å². The number of carbonyl (C=O) groups excluding carboxylic acids is 1. The Morgan fingerprint density at radius 3 is 2.47 bits per heavy atom. The smallest absolute Gasteiger partial charge is 0.224 e. The van der Waals surface area contributed by atoms with E-state index in [2.05, 4.69) is 62.6 Å². The molecule has 5 heterocycles. The summed E-state index contributed by atoms with van der Waals surface area (Å²) in [6, 6.07) is 19.3. The van der Waals surface area contributed by atoms with Gasteiger partial charge in [0.2, 0.25) is 5.91 Å². The third-order valence-electron chi connectivity index (χ3n) is 7.49. The van der Waals surface area contributed by atoms with Crippen molar-refractivity contribution in [1.29, 1.82) is 0 Å². The molecule has 0 spiro atoms. The van der Waals surface area contributed by atoms with Crippen LogP contribution in [0.2, 0.25) is 0 Å². The quantitative estimate of drug-likeness (QED) is 0.707. The number of para-hydroxylation sites is 1. The fraction of sp³-hybridized carbons (Fsp3) is 0.400. The summed E-state index contributed by atoms with van der Waals surface area (Å²) in [5, 5.41) is 4.67. The minimum Gasteiger partial charge on any atom is -0.361 e. The summed E-state index contributed by atoms with van der Waals surface area (Å²) in [4.78, 5) is 21.8. The van der Waals surface area contributed by atoms with Crippen molar-refractivity contribution in [2.24, 2.45) is 5.92 Å². The van der Waals surface area contributed by atoms with Crippen LogP contribution in [0.3, 0.4) is 0 Å². The van der Waals surface area contributed by atoms with Crippen molar-refractivity contribution in [3.8, 4) is 0 Å². The van der Waals surface area contributed by atoms with Crippen LogP contribution in [0.1, 0.15) is 11.1 Å². The molecule has 1 aromatic heterocycles. The normalized spacial score (nSPS) is 32.3. The van der Waals surface area contributed by atoms with Crippen molar-refractivity contribution >= 4 is 16.8 Å². The fourth-order valence-electron chi connectivity index (χ4n) is 6.24. The highest BCUT2D eigenvalue weighted by Gasteiger charge is 2.55. The van der Waals surface area contributed by atoms with Crippen LogP contribution in [0.25, 0.3) is 10.9 Å². The van der Waals surface area contributed by atoms with Crippen LogP contribution in [0.15, 0.2) is 60.8 Å². The molecule has 30 heavy (non-hydrogen) atoms. The van der Waals surface area contributed by atoms with Crippen LogP contribution in [0.5, 0.6) is 0 Å². The molecular formula is C25H28N4O. The first-order valence-electron chi connectivity index (χ1n) is 11.1. The van der Waals surface area contributed by atoms with Crippen molar-refractivity contribution in [1.82, 2.24) is 20.1 Å². The Balaban J connectivity index is 1.31. The molecule has 0 radical (unpaired) electrons. The van der Waals surface area contributed by atoms with Crippen LogP contribution >= 0.6 is 0 Å². The van der Waals surface area contributed by atoms with Crippen LogP contribution in [-0.4, -0.2) is 66.0 Å². The molecule has 2 unspecified atom stereocenters. The zero-order valence-electron chi connectivity index (χ0n) is 17.2. The van der Waals surface area contributed by atoms with Gasteiger partial charge in [-0.1, -0.05) is 48.5 Å². The van der Waals surface area contributed by atoms with Crippen LogP contribution < -0.4 is 5.32 Å². The van der Waals surface area contributed by atoms with E-state index < -0.39 is 0 Å². The summed E-state index contributed by atoms with van der Waals surface area (Å²) >= 11 is 0. The molecule has 7 rings (SSSR count). The number of nitrogens with one attached hydrogen (secondary N) is 2. The van der Waals surface area contributed by atoms with Gasteiger partial charge in [0.1, 0.15) is 0 Å². The van der Waals surface area contributed by atoms with Gasteiger partial charge in [0.15, 0.2) is 0 Å². The number of hydrogen-bond acceptors (Lipinski definition) is 3. The highest BCUT2D eigenvalue weighted by atomic mass is 16.1. The third kappa shape index (κ3) is 2.88. The summed E-state index contributed by atoms with van der Waals surface area (Å²) in [6.45, 7) is 6.51. The standard InChI is InChI=1S/C25H28N4O/c30-23(12-18-13-26-22-9-5-4-8-21(18)22)27-24-19-14-28-10-11-29(15-19)17-25(24,16-28)20-6-2-1-3-7-20/h1-9,13,19,24,26H,10-12,14-17H2,(H,27,30)/t19?,24-,25?/m0/s1. The number of benzene rings is 2. The number of aromatic amines is 1. The third-order valence-corrected chi connectivity index (χ3v) is 7.49. The van der Waals surface area contributed by atoms with E-state index in [0.29, 0.717) is 12.3 Å². The van der Waals surface area contributed by atoms with Gasteiger partial charge in [-0.15, -0.1) is 0 Å². The first-order valence-corrected chi connectivity index (χ1v) is 11.1. The van der Waals surface area contributed by atoms with E-state index in [-0.39, 0.29) is 17.4 Å². The number of nitrogens with zero attached hydrogens (tertiary/aromatic N) is 2. The van der Waals surface area contributed by atoms with Gasteiger partial charge in [0, 0.05) is 73.7 Å². The number of aromatic nitrogens is 1. The molecule has 2 aromatic carbocycles. The van der Waals surface area contributed by atoms with E-state index >= 15 is 0 Å². The van der Waals surface area contributed by atoms with Crippen LogP contribution in [0.4, 0.5) is 0 Å². The van der Waals surface area contributed by atoms with E-state index in [1.807, 2.05) is 18.3 Å². The number of rotatable bonds is 4. The first kappa shape index (κ1) is 18.2. The van der Waals surface area contributed by atoms with Crippen molar-refractivity contribution in [3.63, 3.8) is 0 Å². The highest BCUT2D eigenvalue weighted by molar-refractivity contribution is 5.89. The zero-order chi connectivity index (χ0) is 20.1. The lowest BCUT2D eigenvalue weighted by Gasteiger charge is -2.55. The Bertz CT molecular complexity index is 1060. The molecule has 154 valence electrons. The lowest BCUT2D eigenvalue weighted by Crippen LogP contribution is -2.70. The second-order valence-corrected chi connectivity index (χ2v) is 9.33. The summed E-state index contributed by atoms with van der Waals surface area (Å²) in [5.74, 6) is 0.610. The largest absolute Gasteiger partial charge is 0.361 e. The number of fused-ring (bicyclic) bond motifs is 2. The number of hydrogen-bond donors (Lipinski definition) is 2. The van der Waals surface area contributed by atoms with E-state index in [1.54, 1.807) is 0 Å². The summed E-state index contributed by atoms with van der Waals surface area (Å²) in [6.07, 6.45) is 2.40. The number of piperidine rings is 2. The Morgan fingerprint density at radius 2 is 1.70 bits per heavy atom. The van der Waals surface area contributed by atoms with Gasteiger partial charge >= 0.3 is 0 Å². The topological polar surface area (TPSA) is 51.4 Å². The minimum atomic E-state index is -0.0329. The van der Waals surface area contributed by atoms with Gasteiger partial charge in [-0.2, -0.15) is 0 Å². The maximum Gasteiger partial charge on any atom is 0.224 e. The SMILES string of the molecule is O=C(Cc1c[nH]c2ccccc12)N[C@H]1C2CN3CCN(C2)CC1(c1ccccc1)C3. The van der Waals surface area contributed by atoms with E-state index in [0.717, 1.165) is 55.7 Å². The Kier molecular flexibility index (Phi) is 4.22. The minimum absolute atomic E-state index is 0.0329. The lowest BCUT2D eigenvalue weighted by atomic mass is 9.64. The maximum absolute atomic E-state index is 13.3. The first-order chi connectivity index (χ1) is 14.7. The zero-order valence-corrected chi connectivity index (χ0v) is 17.2. The molecule has 5 heteroatoms. The molecule has 3 aromatic rings. The van der Waals surface area contributed by atoms with Gasteiger partial charge in [0.25, 0.3) is 0 Å². The van der Waals surface area contributed by atoms with E-state index in [9.17, 15) is 4.79 Å². The van der Waals surface area contributed by atoms with Gasteiger partial charge in [0.05, 0.1) is 6.42 Å². The van der Waals surface area contributed by atoms with Gasteiger partial charge in [-0.05, 0) is 17.2 Å². The average molecular weight is 401 g/mol. The molecule has 0 aliphatic carbocycles. The molecular weight excluding hydrogens is 372 g/mol. The maximum atomic E-state index is 13.3. The summed E-state index contributed by atoms with van der Waals surface area (Å²) in [5.41, 5.74) is 3.50. The highest BCUT2D eigenvalue weighted by Crippen LogP contribution is 2.43. The molecule has 4 aliphatic rings. The summed E-state index contributed by atoms with van der Waals surface area (Å²) in [7, 11) is 0. The molecule has 0 saturated carbocycles. The number of H-pyrrole nitrogens is 1. The molecule has 1 amide bonds. The predicted molar refractivity (Wildman–Crippen MR) is 118 cm³/mol. The van der Waals surface area contributed by atoms with Crippen molar-refractivity contribution in [2.75, 3.05) is 39.3 Å². The fourth-order valence-corrected chi connectivity index (χ4v) is 6.24. The van der Waals surface area contributed by atoms with Crippen molar-refractivity contribution < 1.29 is 4.79 Å². The Morgan fingerprint density at radius 1 is 1.00 bits per heavy atom. The second kappa shape index (κ2) is 6.96. The average Bonchev–Trinajstić information content (AvgIpc) is 2.99. The van der Waals surface area contributed by atoms with E-state index in [1.165, 1.54) is 5.56 Å². The van der Waals surface area contributed by atoms with Gasteiger partial charge in [-0.3, -0.25) is 4.79 Å². The van der Waals surface area contributed by atoms with Gasteiger partial charge in [-0.25, -0.2) is 0 Å². The van der Waals surface area contributed by atoms with E-state index in [4.69, 9.17) is 0 Å². The molecule has 3 atom stereocenters. The lowest BCUT2D eigenvalue weighted by molar-refractivity contribution is -0.123. The van der Waals surface area contributed by atoms with Crippen molar-refractivity contribution in [2.45, 2.75) is 17.9 Å². The van der Waals surface area contributed by atoms with Gasteiger partial charge < -0.3 is 20.1 Å². The molecule has 4 aliphatic heterocycles. The Hall–Kier alpha value is -2.63. The number of carbonyl (C=O) groups is 1. The van der Waals surface area contributed by atoms with Crippen molar-refractivity contribution in [3.05, 3.63) is 71.9 Å². The predicted octanol–water partition coefficient (Wildman–Crippen LogP) is 2.39. The molecule has 4 saturated heterocycles. The van der Waals surface area contributed by atoms with Crippen LogP contribution in [0, 0.1) is 5.92 Å².